The minimum Gasteiger partial charge on any atom is -0.323 e. The molecule has 19 heavy (non-hydrogen) atoms. The summed E-state index contributed by atoms with van der Waals surface area (Å²) < 4.78 is 0. The van der Waals surface area contributed by atoms with Gasteiger partial charge in [0.25, 0.3) is 0 Å². The number of likely N-dealkylation sites (tertiary alicyclic amines) is 1. The van der Waals surface area contributed by atoms with Crippen molar-refractivity contribution in [1.29, 1.82) is 0 Å². The molecule has 0 aromatic heterocycles. The zero-order chi connectivity index (χ0) is 13.8. The summed E-state index contributed by atoms with van der Waals surface area (Å²) in [6.07, 6.45) is 3.73. The van der Waals surface area contributed by atoms with E-state index in [1.54, 1.807) is 0 Å². The van der Waals surface area contributed by atoms with Crippen molar-refractivity contribution < 1.29 is 0 Å². The Labute approximate surface area is 118 Å². The maximum absolute atomic E-state index is 6.54. The van der Waals surface area contributed by atoms with Crippen molar-refractivity contribution in [3.05, 3.63) is 35.9 Å². The fourth-order valence-electron chi connectivity index (χ4n) is 3.51. The molecule has 2 N–H and O–H groups in total. The molecule has 0 amide bonds. The van der Waals surface area contributed by atoms with Crippen LogP contribution in [-0.2, 0) is 0 Å². The summed E-state index contributed by atoms with van der Waals surface area (Å²) in [6.45, 7) is 8.18. The molecule has 0 aliphatic carbocycles. The van der Waals surface area contributed by atoms with Crippen molar-refractivity contribution in [2.24, 2.45) is 11.7 Å². The van der Waals surface area contributed by atoms with Gasteiger partial charge >= 0.3 is 0 Å². The molecule has 2 nitrogen and oxygen atoms in total. The lowest BCUT2D eigenvalue weighted by molar-refractivity contribution is 0.0662. The van der Waals surface area contributed by atoms with E-state index in [2.05, 4.69) is 56.0 Å². The van der Waals surface area contributed by atoms with Gasteiger partial charge in [-0.3, -0.25) is 4.90 Å². The summed E-state index contributed by atoms with van der Waals surface area (Å²) in [4.78, 5) is 2.64. The van der Waals surface area contributed by atoms with Crippen LogP contribution in [0.2, 0.25) is 0 Å². The highest BCUT2D eigenvalue weighted by atomic mass is 15.2. The molecule has 0 bridgehead atoms. The van der Waals surface area contributed by atoms with Crippen molar-refractivity contribution in [2.45, 2.75) is 58.2 Å². The predicted octanol–water partition coefficient (Wildman–Crippen LogP) is 3.59. The fourth-order valence-corrected chi connectivity index (χ4v) is 3.51. The Bertz CT molecular complexity index is 376. The second kappa shape index (κ2) is 6.53. The molecule has 1 heterocycles. The number of hydrogen-bond donors (Lipinski definition) is 1. The first kappa shape index (κ1) is 14.5. The van der Waals surface area contributed by atoms with Gasteiger partial charge in [-0.1, -0.05) is 44.2 Å². The molecule has 1 aromatic rings. The first-order chi connectivity index (χ1) is 9.13. The number of nitrogens with two attached hydrogens (primary N) is 1. The molecule has 0 saturated carbocycles. The van der Waals surface area contributed by atoms with Gasteiger partial charge in [-0.2, -0.15) is 0 Å². The Balaban J connectivity index is 2.11. The van der Waals surface area contributed by atoms with E-state index >= 15 is 0 Å². The molecular formula is C17H28N2. The summed E-state index contributed by atoms with van der Waals surface area (Å²) in [5, 5.41) is 0. The summed E-state index contributed by atoms with van der Waals surface area (Å²) in [7, 11) is 0. The molecule has 4 unspecified atom stereocenters. The summed E-state index contributed by atoms with van der Waals surface area (Å²) in [6, 6.07) is 11.8. The van der Waals surface area contributed by atoms with Gasteiger partial charge in [0.05, 0.1) is 0 Å². The molecular weight excluding hydrogens is 232 g/mol. The standard InChI is InChI=1S/C17H28N2/c1-4-16(17(18)15-8-6-5-7-9-15)19-11-10-13(2)12-14(19)3/h5-9,13-14,16-17H,4,10-12,18H2,1-3H3. The number of nitrogens with zero attached hydrogens (tertiary/aromatic N) is 1. The smallest absolute Gasteiger partial charge is 0.0453 e. The third-order valence-corrected chi connectivity index (χ3v) is 4.63. The van der Waals surface area contributed by atoms with E-state index in [-0.39, 0.29) is 6.04 Å². The SMILES string of the molecule is CCC(C(N)c1ccccc1)N1CCC(C)CC1C. The van der Waals surface area contributed by atoms with Crippen molar-refractivity contribution in [3.8, 4) is 0 Å². The lowest BCUT2D eigenvalue weighted by Gasteiger charge is -2.43. The summed E-state index contributed by atoms with van der Waals surface area (Å²) >= 11 is 0. The van der Waals surface area contributed by atoms with Gasteiger partial charge in [0.15, 0.2) is 0 Å². The molecule has 2 heteroatoms. The van der Waals surface area contributed by atoms with Gasteiger partial charge < -0.3 is 5.73 Å². The first-order valence-electron chi connectivity index (χ1n) is 7.69. The lowest BCUT2D eigenvalue weighted by atomic mass is 9.88. The third-order valence-electron chi connectivity index (χ3n) is 4.63. The van der Waals surface area contributed by atoms with Crippen LogP contribution in [-0.4, -0.2) is 23.5 Å². The Kier molecular flexibility index (Phi) is 5.00. The van der Waals surface area contributed by atoms with Crippen LogP contribution in [0.15, 0.2) is 30.3 Å². The molecule has 1 saturated heterocycles. The highest BCUT2D eigenvalue weighted by Crippen LogP contribution is 2.29. The normalized spacial score (nSPS) is 28.0. The largest absolute Gasteiger partial charge is 0.323 e. The Morgan fingerprint density at radius 2 is 1.95 bits per heavy atom. The van der Waals surface area contributed by atoms with Crippen molar-refractivity contribution >= 4 is 0 Å². The van der Waals surface area contributed by atoms with Crippen molar-refractivity contribution in [3.63, 3.8) is 0 Å². The van der Waals surface area contributed by atoms with Crippen LogP contribution in [0, 0.1) is 5.92 Å². The minimum atomic E-state index is 0.127. The van der Waals surface area contributed by atoms with Crippen LogP contribution < -0.4 is 5.73 Å². The second-order valence-corrected chi connectivity index (χ2v) is 6.13. The van der Waals surface area contributed by atoms with E-state index in [1.165, 1.54) is 24.9 Å². The average molecular weight is 260 g/mol. The van der Waals surface area contributed by atoms with E-state index < -0.39 is 0 Å². The Hall–Kier alpha value is -0.860. The molecule has 106 valence electrons. The maximum atomic E-state index is 6.54. The number of rotatable bonds is 4. The van der Waals surface area contributed by atoms with Crippen LogP contribution in [0.4, 0.5) is 0 Å². The number of piperidine rings is 1. The van der Waals surface area contributed by atoms with Gasteiger partial charge in [0.1, 0.15) is 0 Å². The highest BCUT2D eigenvalue weighted by Gasteiger charge is 2.31. The average Bonchev–Trinajstić information content (AvgIpc) is 2.42. The molecule has 4 atom stereocenters. The van der Waals surface area contributed by atoms with E-state index in [4.69, 9.17) is 5.73 Å². The lowest BCUT2D eigenvalue weighted by Crippen LogP contribution is -2.50. The van der Waals surface area contributed by atoms with Gasteiger partial charge in [0, 0.05) is 18.1 Å². The Morgan fingerprint density at radius 3 is 2.53 bits per heavy atom. The molecule has 1 aromatic carbocycles. The second-order valence-electron chi connectivity index (χ2n) is 6.13. The number of benzene rings is 1. The monoisotopic (exact) mass is 260 g/mol. The fraction of sp³-hybridized carbons (Fsp3) is 0.647. The third kappa shape index (κ3) is 3.37. The number of hydrogen-bond acceptors (Lipinski definition) is 2. The molecule has 1 aliphatic heterocycles. The van der Waals surface area contributed by atoms with Crippen LogP contribution in [0.5, 0.6) is 0 Å². The van der Waals surface area contributed by atoms with Crippen LogP contribution in [0.25, 0.3) is 0 Å². The van der Waals surface area contributed by atoms with Gasteiger partial charge in [-0.25, -0.2) is 0 Å². The van der Waals surface area contributed by atoms with Crippen molar-refractivity contribution in [2.75, 3.05) is 6.54 Å². The van der Waals surface area contributed by atoms with Crippen molar-refractivity contribution in [1.82, 2.24) is 4.90 Å². The molecule has 0 spiro atoms. The van der Waals surface area contributed by atoms with E-state index in [9.17, 15) is 0 Å². The van der Waals surface area contributed by atoms with Gasteiger partial charge in [-0.05, 0) is 44.2 Å². The van der Waals surface area contributed by atoms with Gasteiger partial charge in [0.2, 0.25) is 0 Å². The summed E-state index contributed by atoms with van der Waals surface area (Å²) in [5.74, 6) is 0.858. The van der Waals surface area contributed by atoms with E-state index in [0.717, 1.165) is 12.3 Å². The molecule has 1 aliphatic rings. The van der Waals surface area contributed by atoms with Crippen LogP contribution in [0.3, 0.4) is 0 Å². The maximum Gasteiger partial charge on any atom is 0.0453 e. The molecule has 2 rings (SSSR count). The zero-order valence-electron chi connectivity index (χ0n) is 12.5. The summed E-state index contributed by atoms with van der Waals surface area (Å²) in [5.41, 5.74) is 7.80. The highest BCUT2D eigenvalue weighted by molar-refractivity contribution is 5.20. The zero-order valence-corrected chi connectivity index (χ0v) is 12.5. The van der Waals surface area contributed by atoms with Crippen LogP contribution >= 0.6 is 0 Å². The Morgan fingerprint density at radius 1 is 1.26 bits per heavy atom. The first-order valence-corrected chi connectivity index (χ1v) is 7.69. The van der Waals surface area contributed by atoms with E-state index in [0.29, 0.717) is 12.1 Å². The molecule has 1 fully saturated rings. The predicted molar refractivity (Wildman–Crippen MR) is 82.0 cm³/mol. The quantitative estimate of drug-likeness (QED) is 0.896. The van der Waals surface area contributed by atoms with Crippen LogP contribution in [0.1, 0.15) is 51.6 Å². The van der Waals surface area contributed by atoms with Gasteiger partial charge in [-0.15, -0.1) is 0 Å². The molecule has 0 radical (unpaired) electrons. The minimum absolute atomic E-state index is 0.127. The van der Waals surface area contributed by atoms with E-state index in [1.807, 2.05) is 0 Å². The topological polar surface area (TPSA) is 29.3 Å².